The van der Waals surface area contributed by atoms with E-state index in [2.05, 4.69) is 0 Å². The smallest absolute Gasteiger partial charge is 0.238 e. The van der Waals surface area contributed by atoms with Crippen LogP contribution >= 0.6 is 0 Å². The highest BCUT2D eigenvalue weighted by Crippen LogP contribution is 2.23. The number of sulfonamides is 1. The zero-order chi connectivity index (χ0) is 14.8. The Kier molecular flexibility index (Phi) is 4.58. The Morgan fingerprint density at radius 1 is 1.37 bits per heavy atom. The van der Waals surface area contributed by atoms with E-state index >= 15 is 0 Å². The van der Waals surface area contributed by atoms with E-state index in [1.807, 2.05) is 0 Å². The van der Waals surface area contributed by atoms with Gasteiger partial charge in [-0.1, -0.05) is 6.07 Å². The summed E-state index contributed by atoms with van der Waals surface area (Å²) < 4.78 is 35.6. The Morgan fingerprint density at radius 3 is 2.37 bits per heavy atom. The van der Waals surface area contributed by atoms with Crippen molar-refractivity contribution in [1.82, 2.24) is 0 Å². The number of halogens is 1. The number of aliphatic hydroxyl groups is 2. The quantitative estimate of drug-likeness (QED) is 0.535. The maximum Gasteiger partial charge on any atom is 0.238 e. The molecule has 7 nitrogen and oxygen atoms in total. The van der Waals surface area contributed by atoms with Gasteiger partial charge in [-0.25, -0.2) is 17.9 Å². The molecule has 0 fully saturated rings. The minimum Gasteiger partial charge on any atom is -0.390 e. The van der Waals surface area contributed by atoms with E-state index in [0.717, 1.165) is 12.1 Å². The summed E-state index contributed by atoms with van der Waals surface area (Å²) in [6.45, 7) is 0. The van der Waals surface area contributed by atoms with Gasteiger partial charge in [0.05, 0.1) is 17.4 Å². The van der Waals surface area contributed by atoms with Crippen molar-refractivity contribution in [1.29, 1.82) is 0 Å². The number of nitrogens with two attached hydrogens (primary N) is 2. The van der Waals surface area contributed by atoms with E-state index in [9.17, 15) is 27.8 Å². The molecule has 1 aromatic carbocycles. The molecule has 2 unspecified atom stereocenters. The summed E-state index contributed by atoms with van der Waals surface area (Å²) in [5.41, 5.74) is 4.47. The van der Waals surface area contributed by atoms with Crippen LogP contribution in [-0.2, 0) is 14.8 Å². The van der Waals surface area contributed by atoms with Crippen LogP contribution in [0.3, 0.4) is 0 Å². The normalized spacial score (nSPS) is 14.9. The third kappa shape index (κ3) is 3.96. The van der Waals surface area contributed by atoms with Crippen LogP contribution < -0.4 is 10.9 Å². The average molecular weight is 292 g/mol. The van der Waals surface area contributed by atoms with Gasteiger partial charge in [0.1, 0.15) is 11.9 Å². The molecular weight excluding hydrogens is 279 g/mol. The Bertz CT molecular complexity index is 590. The van der Waals surface area contributed by atoms with Gasteiger partial charge in [0.25, 0.3) is 0 Å². The molecule has 0 aliphatic heterocycles. The second kappa shape index (κ2) is 5.61. The molecule has 0 bridgehead atoms. The van der Waals surface area contributed by atoms with Gasteiger partial charge in [-0.05, 0) is 12.1 Å². The summed E-state index contributed by atoms with van der Waals surface area (Å²) in [6, 6.07) is 2.56. The Balaban J connectivity index is 3.06. The summed E-state index contributed by atoms with van der Waals surface area (Å²) in [5, 5.41) is 23.9. The number of primary sulfonamides is 1. The highest BCUT2D eigenvalue weighted by atomic mass is 32.2. The SMILES string of the molecule is NC(=O)CC(O)C(O)c1ccc(S(N)(=O)=O)cc1F. The molecule has 1 rings (SSSR count). The van der Waals surface area contributed by atoms with Crippen LogP contribution in [0.25, 0.3) is 0 Å². The van der Waals surface area contributed by atoms with E-state index in [1.165, 1.54) is 0 Å². The first kappa shape index (κ1) is 15.5. The number of amides is 1. The lowest BCUT2D eigenvalue weighted by molar-refractivity contribution is -0.121. The highest BCUT2D eigenvalue weighted by Gasteiger charge is 2.24. The maximum absolute atomic E-state index is 13.6. The summed E-state index contributed by atoms with van der Waals surface area (Å²) >= 11 is 0. The van der Waals surface area contributed by atoms with Crippen LogP contribution in [0.1, 0.15) is 18.1 Å². The lowest BCUT2D eigenvalue weighted by Gasteiger charge is -2.17. The summed E-state index contributed by atoms with van der Waals surface area (Å²) in [7, 11) is -4.07. The summed E-state index contributed by atoms with van der Waals surface area (Å²) in [6.07, 6.45) is -3.85. The number of carbonyl (C=O) groups is 1. The van der Waals surface area contributed by atoms with Crippen LogP contribution in [-0.4, -0.2) is 30.6 Å². The molecule has 1 amide bonds. The van der Waals surface area contributed by atoms with E-state index in [-0.39, 0.29) is 5.56 Å². The van der Waals surface area contributed by atoms with Crippen molar-refractivity contribution in [2.75, 3.05) is 0 Å². The fourth-order valence-corrected chi connectivity index (χ4v) is 1.98. The van der Waals surface area contributed by atoms with Crippen molar-refractivity contribution in [3.05, 3.63) is 29.6 Å². The van der Waals surface area contributed by atoms with Crippen molar-refractivity contribution in [2.24, 2.45) is 10.9 Å². The molecule has 0 aliphatic carbocycles. The molecule has 0 aliphatic rings. The Hall–Kier alpha value is -1.55. The zero-order valence-electron chi connectivity index (χ0n) is 9.65. The molecule has 1 aromatic rings. The lowest BCUT2D eigenvalue weighted by Crippen LogP contribution is -2.26. The number of carbonyl (C=O) groups excluding carboxylic acids is 1. The number of benzene rings is 1. The van der Waals surface area contributed by atoms with Gasteiger partial charge in [0.2, 0.25) is 15.9 Å². The molecule has 0 heterocycles. The van der Waals surface area contributed by atoms with Crippen molar-refractivity contribution in [3.63, 3.8) is 0 Å². The molecule has 0 spiro atoms. The molecule has 0 saturated heterocycles. The highest BCUT2D eigenvalue weighted by molar-refractivity contribution is 7.89. The van der Waals surface area contributed by atoms with Gasteiger partial charge in [0.15, 0.2) is 0 Å². The van der Waals surface area contributed by atoms with Crippen molar-refractivity contribution < 1.29 is 27.8 Å². The first-order valence-corrected chi connectivity index (χ1v) is 6.64. The number of primary amides is 1. The van der Waals surface area contributed by atoms with Crippen molar-refractivity contribution in [3.8, 4) is 0 Å². The maximum atomic E-state index is 13.6. The molecule has 6 N–H and O–H groups in total. The third-order valence-corrected chi connectivity index (χ3v) is 3.30. The zero-order valence-corrected chi connectivity index (χ0v) is 10.5. The fourth-order valence-electron chi connectivity index (χ4n) is 1.45. The molecule has 2 atom stereocenters. The van der Waals surface area contributed by atoms with Crippen molar-refractivity contribution in [2.45, 2.75) is 23.5 Å². The van der Waals surface area contributed by atoms with Crippen LogP contribution in [0.2, 0.25) is 0 Å². The topological polar surface area (TPSA) is 144 Å². The Labute approximate surface area is 108 Å². The van der Waals surface area contributed by atoms with Gasteiger partial charge in [-0.15, -0.1) is 0 Å². The first-order valence-electron chi connectivity index (χ1n) is 5.09. The Morgan fingerprint density at radius 2 is 1.95 bits per heavy atom. The lowest BCUT2D eigenvalue weighted by atomic mass is 10.0. The molecule has 0 radical (unpaired) electrons. The van der Waals surface area contributed by atoms with Crippen LogP contribution in [0.15, 0.2) is 23.1 Å². The average Bonchev–Trinajstić information content (AvgIpc) is 2.25. The van der Waals surface area contributed by atoms with Gasteiger partial charge in [-0.2, -0.15) is 0 Å². The van der Waals surface area contributed by atoms with Gasteiger partial charge < -0.3 is 15.9 Å². The second-order valence-corrected chi connectivity index (χ2v) is 5.47. The van der Waals surface area contributed by atoms with Crippen LogP contribution in [0.5, 0.6) is 0 Å². The summed E-state index contributed by atoms with van der Waals surface area (Å²) in [5.74, 6) is -1.93. The predicted octanol–water partition coefficient (Wildman–Crippen LogP) is -1.26. The van der Waals surface area contributed by atoms with Gasteiger partial charge in [0, 0.05) is 5.56 Å². The van der Waals surface area contributed by atoms with E-state index < -0.39 is 45.3 Å². The standard InChI is InChI=1S/C10H13FN2O5S/c11-7-3-5(19(13,17)18)1-2-6(7)10(16)8(14)4-9(12)15/h1-3,8,10,14,16H,4H2,(H2,12,15)(H2,13,17,18). The minimum atomic E-state index is -4.07. The molecule has 106 valence electrons. The molecule has 0 saturated carbocycles. The summed E-state index contributed by atoms with van der Waals surface area (Å²) in [4.78, 5) is 10.1. The first-order chi connectivity index (χ1) is 8.62. The van der Waals surface area contributed by atoms with Crippen LogP contribution in [0.4, 0.5) is 4.39 Å². The van der Waals surface area contributed by atoms with Gasteiger partial charge in [-0.3, -0.25) is 4.79 Å². The number of rotatable bonds is 5. The van der Waals surface area contributed by atoms with Gasteiger partial charge >= 0.3 is 0 Å². The van der Waals surface area contributed by atoms with E-state index in [4.69, 9.17) is 10.9 Å². The largest absolute Gasteiger partial charge is 0.390 e. The predicted molar refractivity (Wildman–Crippen MR) is 62.6 cm³/mol. The number of aliphatic hydroxyl groups excluding tert-OH is 2. The molecule has 9 heteroatoms. The van der Waals surface area contributed by atoms with Crippen LogP contribution in [0, 0.1) is 5.82 Å². The molecular formula is C10H13FN2O5S. The molecule has 19 heavy (non-hydrogen) atoms. The second-order valence-electron chi connectivity index (χ2n) is 3.91. The minimum absolute atomic E-state index is 0.360. The van der Waals surface area contributed by atoms with E-state index in [0.29, 0.717) is 6.07 Å². The monoisotopic (exact) mass is 292 g/mol. The van der Waals surface area contributed by atoms with Crippen molar-refractivity contribution >= 4 is 15.9 Å². The molecule has 0 aromatic heterocycles. The number of hydrogen-bond donors (Lipinski definition) is 4. The van der Waals surface area contributed by atoms with E-state index in [1.54, 1.807) is 0 Å². The number of hydrogen-bond acceptors (Lipinski definition) is 5. The fraction of sp³-hybridized carbons (Fsp3) is 0.300. The third-order valence-electron chi connectivity index (χ3n) is 2.39.